The maximum absolute atomic E-state index is 11.0. The second-order valence-electron chi connectivity index (χ2n) is 4.66. The second-order valence-corrected chi connectivity index (χ2v) is 4.66. The van der Waals surface area contributed by atoms with Crippen LogP contribution in [0.15, 0.2) is 0 Å². The quantitative estimate of drug-likeness (QED) is 0.553. The van der Waals surface area contributed by atoms with Crippen molar-refractivity contribution in [1.82, 2.24) is 0 Å². The van der Waals surface area contributed by atoms with Crippen molar-refractivity contribution in [2.45, 2.75) is 45.6 Å². The van der Waals surface area contributed by atoms with Crippen LogP contribution in [0.3, 0.4) is 0 Å². The SMILES string of the molecule is CC1(C)CCC(OC(=O)CON)CC1. The van der Waals surface area contributed by atoms with E-state index in [1.165, 1.54) is 0 Å². The molecule has 1 rings (SSSR count). The molecule has 0 aromatic carbocycles. The van der Waals surface area contributed by atoms with Crippen molar-refractivity contribution >= 4 is 5.97 Å². The zero-order chi connectivity index (χ0) is 10.6. The first-order valence-corrected chi connectivity index (χ1v) is 5.05. The Hall–Kier alpha value is -0.610. The van der Waals surface area contributed by atoms with Gasteiger partial charge in [-0.25, -0.2) is 10.7 Å². The predicted molar refractivity (Wildman–Crippen MR) is 52.3 cm³/mol. The smallest absolute Gasteiger partial charge is 0.334 e. The summed E-state index contributed by atoms with van der Waals surface area (Å²) in [7, 11) is 0. The van der Waals surface area contributed by atoms with Crippen LogP contribution >= 0.6 is 0 Å². The molecular formula is C10H19NO3. The Bertz CT molecular complexity index is 194. The first kappa shape index (κ1) is 11.5. The van der Waals surface area contributed by atoms with Crippen molar-refractivity contribution in [2.24, 2.45) is 11.3 Å². The third-order valence-electron chi connectivity index (χ3n) is 2.79. The van der Waals surface area contributed by atoms with Gasteiger partial charge in [-0.15, -0.1) is 0 Å². The molecule has 1 fully saturated rings. The zero-order valence-corrected chi connectivity index (χ0v) is 8.91. The molecule has 0 saturated heterocycles. The van der Waals surface area contributed by atoms with Crippen molar-refractivity contribution in [1.29, 1.82) is 0 Å². The van der Waals surface area contributed by atoms with Gasteiger partial charge in [-0.2, -0.15) is 0 Å². The van der Waals surface area contributed by atoms with Crippen LogP contribution in [0.4, 0.5) is 0 Å². The molecule has 1 aliphatic carbocycles. The topological polar surface area (TPSA) is 61.5 Å². The highest BCUT2D eigenvalue weighted by molar-refractivity contribution is 5.70. The molecule has 0 spiro atoms. The van der Waals surface area contributed by atoms with Crippen molar-refractivity contribution in [2.75, 3.05) is 6.61 Å². The van der Waals surface area contributed by atoms with Gasteiger partial charge in [-0.1, -0.05) is 13.8 Å². The first-order chi connectivity index (χ1) is 6.53. The van der Waals surface area contributed by atoms with E-state index in [1.807, 2.05) is 0 Å². The number of nitrogens with two attached hydrogens (primary N) is 1. The van der Waals surface area contributed by atoms with Crippen LogP contribution in [0.25, 0.3) is 0 Å². The number of hydrogen-bond donors (Lipinski definition) is 1. The standard InChI is InChI=1S/C10H19NO3/c1-10(2)5-3-8(4-6-10)14-9(12)7-13-11/h8H,3-7,11H2,1-2H3. The summed E-state index contributed by atoms with van der Waals surface area (Å²) in [5.74, 6) is 4.41. The molecule has 0 atom stereocenters. The van der Waals surface area contributed by atoms with E-state index in [0.717, 1.165) is 25.7 Å². The average Bonchev–Trinajstić information content (AvgIpc) is 2.09. The van der Waals surface area contributed by atoms with Crippen molar-refractivity contribution < 1.29 is 14.4 Å². The number of carbonyl (C=O) groups is 1. The number of hydrogen-bond acceptors (Lipinski definition) is 4. The molecule has 0 radical (unpaired) electrons. The lowest BCUT2D eigenvalue weighted by molar-refractivity contribution is -0.157. The molecule has 0 unspecified atom stereocenters. The first-order valence-electron chi connectivity index (χ1n) is 5.05. The normalized spacial score (nSPS) is 21.9. The van der Waals surface area contributed by atoms with E-state index in [1.54, 1.807) is 0 Å². The van der Waals surface area contributed by atoms with Gasteiger partial charge in [0.15, 0.2) is 6.61 Å². The third kappa shape index (κ3) is 3.64. The predicted octanol–water partition coefficient (Wildman–Crippen LogP) is 1.39. The van der Waals surface area contributed by atoms with Gasteiger partial charge < -0.3 is 4.74 Å². The maximum atomic E-state index is 11.0. The molecule has 82 valence electrons. The molecule has 0 amide bonds. The van der Waals surface area contributed by atoms with Crippen LogP contribution in [0.1, 0.15) is 39.5 Å². The minimum atomic E-state index is -0.364. The second kappa shape index (κ2) is 4.75. The van der Waals surface area contributed by atoms with Crippen molar-refractivity contribution in [3.8, 4) is 0 Å². The molecule has 0 bridgehead atoms. The summed E-state index contributed by atoms with van der Waals surface area (Å²) in [4.78, 5) is 15.3. The number of ether oxygens (including phenoxy) is 1. The van der Waals surface area contributed by atoms with E-state index in [2.05, 4.69) is 18.7 Å². The fourth-order valence-electron chi connectivity index (χ4n) is 1.78. The summed E-state index contributed by atoms with van der Waals surface area (Å²) in [5, 5.41) is 0. The summed E-state index contributed by atoms with van der Waals surface area (Å²) in [6.45, 7) is 4.34. The molecule has 0 aliphatic heterocycles. The third-order valence-corrected chi connectivity index (χ3v) is 2.79. The maximum Gasteiger partial charge on any atom is 0.334 e. The number of rotatable bonds is 3. The van der Waals surface area contributed by atoms with Gasteiger partial charge in [0.05, 0.1) is 0 Å². The van der Waals surface area contributed by atoms with Crippen LogP contribution in [0.5, 0.6) is 0 Å². The summed E-state index contributed by atoms with van der Waals surface area (Å²) in [5.41, 5.74) is 0.396. The Morgan fingerprint density at radius 3 is 2.50 bits per heavy atom. The molecule has 0 aromatic heterocycles. The molecular weight excluding hydrogens is 182 g/mol. The number of carbonyl (C=O) groups excluding carboxylic acids is 1. The Labute approximate surface area is 84.7 Å². The van der Waals surface area contributed by atoms with Gasteiger partial charge in [-0.05, 0) is 31.1 Å². The van der Waals surface area contributed by atoms with Crippen LogP contribution in [-0.2, 0) is 14.4 Å². The lowest BCUT2D eigenvalue weighted by Crippen LogP contribution is -2.29. The van der Waals surface area contributed by atoms with Gasteiger partial charge >= 0.3 is 5.97 Å². The molecule has 1 aliphatic rings. The highest BCUT2D eigenvalue weighted by Gasteiger charge is 2.28. The molecule has 2 N–H and O–H groups in total. The Kier molecular flexibility index (Phi) is 3.89. The monoisotopic (exact) mass is 201 g/mol. The Morgan fingerprint density at radius 2 is 2.00 bits per heavy atom. The highest BCUT2D eigenvalue weighted by Crippen LogP contribution is 2.36. The summed E-state index contributed by atoms with van der Waals surface area (Å²) >= 11 is 0. The zero-order valence-electron chi connectivity index (χ0n) is 8.91. The summed E-state index contributed by atoms with van der Waals surface area (Å²) in [6, 6.07) is 0. The van der Waals surface area contributed by atoms with E-state index >= 15 is 0 Å². The van der Waals surface area contributed by atoms with Gasteiger partial charge in [0.1, 0.15) is 6.10 Å². The fourth-order valence-corrected chi connectivity index (χ4v) is 1.78. The summed E-state index contributed by atoms with van der Waals surface area (Å²) in [6.07, 6.45) is 4.17. The van der Waals surface area contributed by atoms with Gasteiger partial charge in [0.2, 0.25) is 0 Å². The van der Waals surface area contributed by atoms with Crippen LogP contribution < -0.4 is 5.90 Å². The molecule has 1 saturated carbocycles. The van der Waals surface area contributed by atoms with Crippen molar-refractivity contribution in [3.05, 3.63) is 0 Å². The van der Waals surface area contributed by atoms with Crippen LogP contribution in [0.2, 0.25) is 0 Å². The summed E-state index contributed by atoms with van der Waals surface area (Å²) < 4.78 is 5.18. The largest absolute Gasteiger partial charge is 0.461 e. The molecule has 0 heterocycles. The van der Waals surface area contributed by atoms with Gasteiger partial charge in [0.25, 0.3) is 0 Å². The number of esters is 1. The molecule has 4 heteroatoms. The fraction of sp³-hybridized carbons (Fsp3) is 0.900. The van der Waals surface area contributed by atoms with E-state index in [-0.39, 0.29) is 18.7 Å². The Balaban J connectivity index is 2.25. The minimum absolute atomic E-state index is 0.0608. The molecule has 14 heavy (non-hydrogen) atoms. The molecule has 4 nitrogen and oxygen atoms in total. The lowest BCUT2D eigenvalue weighted by Gasteiger charge is -2.33. The lowest BCUT2D eigenvalue weighted by atomic mass is 9.76. The van der Waals surface area contributed by atoms with Crippen molar-refractivity contribution in [3.63, 3.8) is 0 Å². The average molecular weight is 201 g/mol. The van der Waals surface area contributed by atoms with E-state index in [0.29, 0.717) is 5.41 Å². The Morgan fingerprint density at radius 1 is 1.43 bits per heavy atom. The molecule has 0 aromatic rings. The van der Waals surface area contributed by atoms with E-state index in [4.69, 9.17) is 10.6 Å². The highest BCUT2D eigenvalue weighted by atomic mass is 16.6. The minimum Gasteiger partial charge on any atom is -0.461 e. The van der Waals surface area contributed by atoms with E-state index in [9.17, 15) is 4.79 Å². The van der Waals surface area contributed by atoms with Gasteiger partial charge in [-0.3, -0.25) is 4.84 Å². The van der Waals surface area contributed by atoms with E-state index < -0.39 is 0 Å². The van der Waals surface area contributed by atoms with Crippen LogP contribution in [0, 0.1) is 5.41 Å². The van der Waals surface area contributed by atoms with Gasteiger partial charge in [0, 0.05) is 0 Å². The van der Waals surface area contributed by atoms with Crippen LogP contribution in [-0.4, -0.2) is 18.7 Å².